The van der Waals surface area contributed by atoms with Crippen LogP contribution in [0.5, 0.6) is 0 Å². The highest BCUT2D eigenvalue weighted by Crippen LogP contribution is 2.27. The van der Waals surface area contributed by atoms with Gasteiger partial charge in [-0.1, -0.05) is 57.0 Å². The molecule has 23 heavy (non-hydrogen) atoms. The van der Waals surface area contributed by atoms with Crippen molar-refractivity contribution in [3.63, 3.8) is 0 Å². The van der Waals surface area contributed by atoms with Crippen LogP contribution in [0.15, 0.2) is 30.3 Å². The monoisotopic (exact) mass is 317 g/mol. The molecule has 1 aliphatic heterocycles. The van der Waals surface area contributed by atoms with E-state index in [2.05, 4.69) is 41.9 Å². The van der Waals surface area contributed by atoms with Crippen molar-refractivity contribution in [1.29, 1.82) is 0 Å². The van der Waals surface area contributed by atoms with Crippen molar-refractivity contribution in [3.05, 3.63) is 35.9 Å². The van der Waals surface area contributed by atoms with E-state index < -0.39 is 0 Å². The van der Waals surface area contributed by atoms with Gasteiger partial charge < -0.3 is 16.0 Å². The first kappa shape index (κ1) is 17.3. The highest BCUT2D eigenvalue weighted by atomic mass is 16.2. The van der Waals surface area contributed by atoms with Gasteiger partial charge in [-0.05, 0) is 17.9 Å². The Morgan fingerprint density at radius 2 is 1.96 bits per heavy atom. The lowest BCUT2D eigenvalue weighted by Crippen LogP contribution is -2.45. The summed E-state index contributed by atoms with van der Waals surface area (Å²) in [5.41, 5.74) is 1.13. The standard InChI is InChI=1S/C18H27N3O2/c1-3-13(4-2)17(14-8-6-5-7-9-14)21-18(23)19-12-15-10-11-16(22)20-15/h5-9,13,15,17H,3-4,10-12H2,1-2H3,(H,20,22)(H2,19,21,23)/t15-,17-/m1/s1. The lowest BCUT2D eigenvalue weighted by Gasteiger charge is -2.27. The van der Waals surface area contributed by atoms with E-state index >= 15 is 0 Å². The summed E-state index contributed by atoms with van der Waals surface area (Å²) in [4.78, 5) is 23.5. The maximum Gasteiger partial charge on any atom is 0.315 e. The van der Waals surface area contributed by atoms with E-state index in [1.54, 1.807) is 0 Å². The van der Waals surface area contributed by atoms with E-state index in [-0.39, 0.29) is 24.0 Å². The molecule has 1 aromatic carbocycles. The van der Waals surface area contributed by atoms with Gasteiger partial charge in [-0.25, -0.2) is 4.79 Å². The molecule has 0 saturated carbocycles. The van der Waals surface area contributed by atoms with Crippen molar-refractivity contribution in [2.24, 2.45) is 5.92 Å². The van der Waals surface area contributed by atoms with Gasteiger partial charge in [0.1, 0.15) is 0 Å². The number of hydrogen-bond donors (Lipinski definition) is 3. The minimum absolute atomic E-state index is 0.00405. The molecule has 0 unspecified atom stereocenters. The third kappa shape index (κ3) is 4.98. The normalized spacial score (nSPS) is 18.6. The number of urea groups is 1. The van der Waals surface area contributed by atoms with E-state index in [4.69, 9.17) is 0 Å². The Morgan fingerprint density at radius 3 is 2.52 bits per heavy atom. The Bertz CT molecular complexity index is 514. The van der Waals surface area contributed by atoms with Crippen molar-refractivity contribution in [2.45, 2.75) is 51.6 Å². The van der Waals surface area contributed by atoms with Crippen LogP contribution in [0.1, 0.15) is 51.1 Å². The average molecular weight is 317 g/mol. The lowest BCUT2D eigenvalue weighted by molar-refractivity contribution is -0.119. The maximum atomic E-state index is 12.3. The molecule has 3 amide bonds. The molecule has 1 fully saturated rings. The van der Waals surface area contributed by atoms with Crippen LogP contribution in [0.2, 0.25) is 0 Å². The molecular formula is C18H27N3O2. The van der Waals surface area contributed by atoms with Gasteiger partial charge in [0.05, 0.1) is 6.04 Å². The first-order valence-electron chi connectivity index (χ1n) is 8.52. The summed E-state index contributed by atoms with van der Waals surface area (Å²) in [6.07, 6.45) is 3.35. The quantitative estimate of drug-likeness (QED) is 0.723. The summed E-state index contributed by atoms with van der Waals surface area (Å²) in [5, 5.41) is 8.85. The Kier molecular flexibility index (Phi) is 6.44. The van der Waals surface area contributed by atoms with E-state index in [0.29, 0.717) is 18.9 Å². The number of hydrogen-bond acceptors (Lipinski definition) is 2. The van der Waals surface area contributed by atoms with Crippen LogP contribution in [-0.2, 0) is 4.79 Å². The minimum atomic E-state index is -0.174. The van der Waals surface area contributed by atoms with Crippen LogP contribution in [-0.4, -0.2) is 24.5 Å². The summed E-state index contributed by atoms with van der Waals surface area (Å²) >= 11 is 0. The molecule has 0 radical (unpaired) electrons. The van der Waals surface area contributed by atoms with E-state index in [1.807, 2.05) is 18.2 Å². The van der Waals surface area contributed by atoms with Crippen LogP contribution in [0, 0.1) is 5.92 Å². The molecule has 1 heterocycles. The van der Waals surface area contributed by atoms with Crippen LogP contribution >= 0.6 is 0 Å². The average Bonchev–Trinajstić information content (AvgIpc) is 2.99. The molecule has 1 aliphatic rings. The summed E-state index contributed by atoms with van der Waals surface area (Å²) in [6.45, 7) is 4.78. The fourth-order valence-electron chi connectivity index (χ4n) is 3.13. The van der Waals surface area contributed by atoms with Crippen LogP contribution in [0.25, 0.3) is 0 Å². The first-order valence-corrected chi connectivity index (χ1v) is 8.52. The Labute approximate surface area is 138 Å². The largest absolute Gasteiger partial charge is 0.352 e. The predicted octanol–water partition coefficient (Wildman–Crippen LogP) is 2.74. The molecule has 1 saturated heterocycles. The van der Waals surface area contributed by atoms with E-state index in [1.165, 1.54) is 0 Å². The van der Waals surface area contributed by atoms with Crippen molar-refractivity contribution in [2.75, 3.05) is 6.54 Å². The number of rotatable bonds is 7. The lowest BCUT2D eigenvalue weighted by atomic mass is 9.89. The van der Waals surface area contributed by atoms with Crippen LogP contribution < -0.4 is 16.0 Å². The van der Waals surface area contributed by atoms with Gasteiger partial charge in [-0.3, -0.25) is 4.79 Å². The minimum Gasteiger partial charge on any atom is -0.352 e. The number of benzene rings is 1. The van der Waals surface area contributed by atoms with E-state index in [9.17, 15) is 9.59 Å². The molecule has 5 heteroatoms. The highest BCUT2D eigenvalue weighted by Gasteiger charge is 2.24. The summed E-state index contributed by atoms with van der Waals surface area (Å²) in [7, 11) is 0. The Balaban J connectivity index is 1.94. The third-order valence-electron chi connectivity index (χ3n) is 4.56. The Morgan fingerprint density at radius 1 is 1.26 bits per heavy atom. The molecule has 2 atom stereocenters. The zero-order valence-electron chi connectivity index (χ0n) is 14.0. The number of amides is 3. The summed E-state index contributed by atoms with van der Waals surface area (Å²) < 4.78 is 0. The van der Waals surface area contributed by atoms with Crippen LogP contribution in [0.3, 0.4) is 0 Å². The molecule has 2 rings (SSSR count). The topological polar surface area (TPSA) is 70.2 Å². The second-order valence-corrected chi connectivity index (χ2v) is 6.12. The fourth-order valence-corrected chi connectivity index (χ4v) is 3.13. The van der Waals surface area contributed by atoms with Crippen molar-refractivity contribution in [3.8, 4) is 0 Å². The second-order valence-electron chi connectivity index (χ2n) is 6.12. The van der Waals surface area contributed by atoms with E-state index in [0.717, 1.165) is 24.8 Å². The van der Waals surface area contributed by atoms with Crippen LogP contribution in [0.4, 0.5) is 4.79 Å². The zero-order chi connectivity index (χ0) is 16.7. The van der Waals surface area contributed by atoms with Gasteiger partial charge in [0.25, 0.3) is 0 Å². The number of nitrogens with one attached hydrogen (secondary N) is 3. The molecule has 0 aromatic heterocycles. The molecular weight excluding hydrogens is 290 g/mol. The summed E-state index contributed by atoms with van der Waals surface area (Å²) in [5.74, 6) is 0.464. The highest BCUT2D eigenvalue weighted by molar-refractivity contribution is 5.79. The second kappa shape index (κ2) is 8.56. The molecule has 0 spiro atoms. The smallest absolute Gasteiger partial charge is 0.315 e. The molecule has 0 aliphatic carbocycles. The number of carbonyl (C=O) groups excluding carboxylic acids is 2. The van der Waals surface area contributed by atoms with Gasteiger partial charge in [0, 0.05) is 19.0 Å². The van der Waals surface area contributed by atoms with Gasteiger partial charge in [-0.2, -0.15) is 0 Å². The molecule has 1 aromatic rings. The maximum absolute atomic E-state index is 12.3. The predicted molar refractivity (Wildman–Crippen MR) is 91.0 cm³/mol. The van der Waals surface area contributed by atoms with Crippen molar-refractivity contribution < 1.29 is 9.59 Å². The van der Waals surface area contributed by atoms with Crippen molar-refractivity contribution in [1.82, 2.24) is 16.0 Å². The molecule has 5 nitrogen and oxygen atoms in total. The molecule has 0 bridgehead atoms. The fraction of sp³-hybridized carbons (Fsp3) is 0.556. The van der Waals surface area contributed by atoms with Gasteiger partial charge in [0.2, 0.25) is 5.91 Å². The first-order chi connectivity index (χ1) is 11.1. The zero-order valence-corrected chi connectivity index (χ0v) is 14.0. The third-order valence-corrected chi connectivity index (χ3v) is 4.56. The van der Waals surface area contributed by atoms with Gasteiger partial charge in [-0.15, -0.1) is 0 Å². The summed E-state index contributed by atoms with van der Waals surface area (Å²) in [6, 6.07) is 9.97. The number of carbonyl (C=O) groups is 2. The molecule has 126 valence electrons. The van der Waals surface area contributed by atoms with Crippen molar-refractivity contribution >= 4 is 11.9 Å². The van der Waals surface area contributed by atoms with Gasteiger partial charge in [0.15, 0.2) is 0 Å². The SMILES string of the molecule is CCC(CC)[C@@H](NC(=O)NC[C@H]1CCC(=O)N1)c1ccccc1. The van der Waals surface area contributed by atoms with Gasteiger partial charge >= 0.3 is 6.03 Å². The Hall–Kier alpha value is -2.04. The molecule has 3 N–H and O–H groups in total.